The topological polar surface area (TPSA) is 17.1 Å². The van der Waals surface area contributed by atoms with E-state index in [2.05, 4.69) is 0 Å². The van der Waals surface area contributed by atoms with Gasteiger partial charge in [-0.1, -0.05) is 65.1 Å². The van der Waals surface area contributed by atoms with Gasteiger partial charge in [0, 0.05) is 18.9 Å². The molecule has 1 radical (unpaired) electrons. The molecule has 0 saturated carbocycles. The van der Waals surface area contributed by atoms with Crippen LogP contribution < -0.4 is 5.30 Å². The van der Waals surface area contributed by atoms with Crippen molar-refractivity contribution in [3.63, 3.8) is 0 Å². The number of carbonyl (C=O) groups excluding carboxylic acids is 1. The predicted molar refractivity (Wildman–Crippen MR) is 85.9 cm³/mol. The minimum atomic E-state index is -0.112. The molecule has 0 aromatic heterocycles. The Labute approximate surface area is 140 Å². The van der Waals surface area contributed by atoms with Crippen LogP contribution in [0.4, 0.5) is 0 Å². The van der Waals surface area contributed by atoms with Gasteiger partial charge in [-0.05, 0) is 26.0 Å². The first-order valence-corrected chi connectivity index (χ1v) is 7.23. The average Bonchev–Trinajstić information content (AvgIpc) is 2.36. The van der Waals surface area contributed by atoms with Crippen molar-refractivity contribution >= 4 is 73.1 Å². The zero-order valence-electron chi connectivity index (χ0n) is 10.1. The summed E-state index contributed by atoms with van der Waals surface area (Å²) in [5.41, 5.74) is 0.187. The molecule has 0 amide bonds. The molecule has 1 atom stereocenters. The van der Waals surface area contributed by atoms with Crippen LogP contribution in [-0.4, -0.2) is 24.4 Å². The van der Waals surface area contributed by atoms with Gasteiger partial charge in [0.15, 0.2) is 5.52 Å². The quantitative estimate of drug-likeness (QED) is 0.464. The van der Waals surface area contributed by atoms with Crippen molar-refractivity contribution < 1.29 is 4.79 Å². The summed E-state index contributed by atoms with van der Waals surface area (Å²) in [5, 5.41) is 1.83. The molecule has 2 aromatic carbocycles. The molecular formula is C13H8Cl3LiOP. The molecule has 0 spiro atoms. The second-order valence-corrected chi connectivity index (χ2v) is 6.01. The van der Waals surface area contributed by atoms with E-state index in [1.807, 2.05) is 30.3 Å². The molecule has 0 heterocycles. The fourth-order valence-corrected chi connectivity index (χ4v) is 3.31. The van der Waals surface area contributed by atoms with Gasteiger partial charge in [0.2, 0.25) is 0 Å². The summed E-state index contributed by atoms with van der Waals surface area (Å²) < 4.78 is 0. The van der Waals surface area contributed by atoms with Gasteiger partial charge in [-0.25, -0.2) is 0 Å². The molecule has 0 saturated heterocycles. The molecule has 0 N–H and O–H groups in total. The second-order valence-electron chi connectivity index (χ2n) is 3.54. The molecular weight excluding hydrogens is 316 g/mol. The summed E-state index contributed by atoms with van der Waals surface area (Å²) in [7, 11) is -0.0216. The van der Waals surface area contributed by atoms with Crippen LogP contribution in [0.25, 0.3) is 0 Å². The second kappa shape index (κ2) is 7.70. The predicted octanol–water partition coefficient (Wildman–Crippen LogP) is 4.41. The fraction of sp³-hybridized carbons (Fsp3) is 0. The first-order chi connectivity index (χ1) is 8.59. The molecule has 2 rings (SSSR count). The summed E-state index contributed by atoms with van der Waals surface area (Å²) in [6, 6.07) is 12.6. The van der Waals surface area contributed by atoms with E-state index in [-0.39, 0.29) is 38.0 Å². The molecule has 0 aliphatic rings. The number of hydrogen-bond donors (Lipinski definition) is 0. The largest absolute Gasteiger partial charge is 0.289 e. The standard InChI is InChI=1S/C13H8Cl3OP.Li/c14-9-6-7-10(15)12(16)11(9)13(17)18-8-4-2-1-3-5-8;/h1-7,18H;. The molecule has 0 aliphatic carbocycles. The van der Waals surface area contributed by atoms with Crippen molar-refractivity contribution in [1.82, 2.24) is 0 Å². The maximum atomic E-state index is 12.2. The Hall–Kier alpha value is 0.00740. The van der Waals surface area contributed by atoms with Crippen LogP contribution >= 0.6 is 43.4 Å². The number of benzene rings is 2. The molecule has 1 unspecified atom stereocenters. The van der Waals surface area contributed by atoms with Gasteiger partial charge in [0.25, 0.3) is 0 Å². The number of carbonyl (C=O) groups is 1. The monoisotopic (exact) mass is 323 g/mol. The number of halogens is 3. The van der Waals surface area contributed by atoms with Gasteiger partial charge in [0.05, 0.1) is 20.6 Å². The van der Waals surface area contributed by atoms with Crippen molar-refractivity contribution in [3.05, 3.63) is 63.1 Å². The van der Waals surface area contributed by atoms with Gasteiger partial charge in [0.1, 0.15) is 0 Å². The molecule has 0 fully saturated rings. The Bertz CT molecular complexity index is 590. The van der Waals surface area contributed by atoms with Crippen LogP contribution in [0.3, 0.4) is 0 Å². The van der Waals surface area contributed by atoms with Crippen LogP contribution in [0, 0.1) is 0 Å². The van der Waals surface area contributed by atoms with Crippen LogP contribution in [-0.2, 0) is 0 Å². The van der Waals surface area contributed by atoms with Crippen molar-refractivity contribution in [3.8, 4) is 0 Å². The third-order valence-electron chi connectivity index (χ3n) is 2.30. The van der Waals surface area contributed by atoms with Crippen LogP contribution in [0.5, 0.6) is 0 Å². The van der Waals surface area contributed by atoms with Crippen LogP contribution in [0.1, 0.15) is 10.4 Å². The van der Waals surface area contributed by atoms with E-state index in [1.54, 1.807) is 12.1 Å². The van der Waals surface area contributed by atoms with Crippen molar-refractivity contribution in [1.29, 1.82) is 0 Å². The Balaban J connectivity index is 0.00000180. The molecule has 19 heavy (non-hydrogen) atoms. The first kappa shape index (κ1) is 17.1. The van der Waals surface area contributed by atoms with E-state index in [0.717, 1.165) is 5.30 Å². The number of rotatable bonds is 3. The van der Waals surface area contributed by atoms with E-state index in [0.29, 0.717) is 15.6 Å². The Morgan fingerprint density at radius 1 is 0.895 bits per heavy atom. The van der Waals surface area contributed by atoms with Crippen LogP contribution in [0.15, 0.2) is 42.5 Å². The SMILES string of the molecule is O=C(Pc1ccccc1)c1c(Cl)ccc(Cl)c1Cl.[Li]. The van der Waals surface area contributed by atoms with Crippen molar-refractivity contribution in [2.45, 2.75) is 0 Å². The van der Waals surface area contributed by atoms with Gasteiger partial charge in [-0.15, -0.1) is 0 Å². The zero-order chi connectivity index (χ0) is 13.1. The summed E-state index contributed by atoms with van der Waals surface area (Å²) in [5.74, 6) is 0. The van der Waals surface area contributed by atoms with E-state index in [1.165, 1.54) is 0 Å². The Morgan fingerprint density at radius 2 is 1.47 bits per heavy atom. The molecule has 6 heteroatoms. The van der Waals surface area contributed by atoms with Gasteiger partial charge < -0.3 is 0 Å². The van der Waals surface area contributed by atoms with Gasteiger partial charge in [-0.3, -0.25) is 4.79 Å². The summed E-state index contributed by atoms with van der Waals surface area (Å²) in [6.45, 7) is 0. The van der Waals surface area contributed by atoms with E-state index in [9.17, 15) is 4.79 Å². The maximum absolute atomic E-state index is 12.2. The Morgan fingerprint density at radius 3 is 2.11 bits per heavy atom. The summed E-state index contributed by atoms with van der Waals surface area (Å²) in [6.07, 6.45) is 0. The fourth-order valence-electron chi connectivity index (χ4n) is 1.45. The summed E-state index contributed by atoms with van der Waals surface area (Å²) >= 11 is 17.9. The average molecular weight is 324 g/mol. The third-order valence-corrected chi connectivity index (χ3v) is 4.52. The van der Waals surface area contributed by atoms with Gasteiger partial charge >= 0.3 is 0 Å². The van der Waals surface area contributed by atoms with Crippen LogP contribution in [0.2, 0.25) is 15.1 Å². The molecule has 93 valence electrons. The molecule has 2 aromatic rings. The van der Waals surface area contributed by atoms with E-state index >= 15 is 0 Å². The normalized spacial score (nSPS) is 10.5. The van der Waals surface area contributed by atoms with Crippen molar-refractivity contribution in [2.75, 3.05) is 0 Å². The molecule has 0 bridgehead atoms. The minimum Gasteiger partial charge on any atom is -0.289 e. The Kier molecular flexibility index (Phi) is 6.91. The maximum Gasteiger partial charge on any atom is 0.188 e. The molecule has 0 aliphatic heterocycles. The minimum absolute atomic E-state index is 0. The molecule has 1 nitrogen and oxygen atoms in total. The van der Waals surface area contributed by atoms with Crippen molar-refractivity contribution in [2.24, 2.45) is 0 Å². The first-order valence-electron chi connectivity index (χ1n) is 5.09. The third kappa shape index (κ3) is 4.24. The smallest absolute Gasteiger partial charge is 0.188 e. The van der Waals surface area contributed by atoms with E-state index < -0.39 is 0 Å². The van der Waals surface area contributed by atoms with E-state index in [4.69, 9.17) is 34.8 Å². The van der Waals surface area contributed by atoms with Gasteiger partial charge in [-0.2, -0.15) is 0 Å². The zero-order valence-corrected chi connectivity index (χ0v) is 13.4. The number of hydrogen-bond acceptors (Lipinski definition) is 1. The summed E-state index contributed by atoms with van der Waals surface area (Å²) in [4.78, 5) is 12.2.